The van der Waals surface area contributed by atoms with Gasteiger partial charge in [0.05, 0.1) is 30.4 Å². The number of hydrogen-bond acceptors (Lipinski definition) is 3. The number of carbonyl (C=O) groups excluding carboxylic acids is 1. The highest BCUT2D eigenvalue weighted by atomic mass is 16.5. The Morgan fingerprint density at radius 3 is 2.95 bits per heavy atom. The monoisotopic (exact) mass is 254 g/mol. The van der Waals surface area contributed by atoms with Crippen LogP contribution in [0.4, 0.5) is 0 Å². The third-order valence-corrected chi connectivity index (χ3v) is 2.81. The standard InChI is InChI=1S/C15H14N2O2/c1-4-7-16-15(18)13-9-11-8-12(19-3)5-6-14(11)17-10(13)2/h1,5-6,8-9H,7H2,2-3H3,(H,16,18). The zero-order valence-electron chi connectivity index (χ0n) is 10.9. The predicted molar refractivity (Wildman–Crippen MR) is 74.2 cm³/mol. The maximum atomic E-state index is 11.9. The third kappa shape index (κ3) is 2.66. The first-order valence-electron chi connectivity index (χ1n) is 5.82. The molecule has 0 aliphatic carbocycles. The Hall–Kier alpha value is -2.54. The number of rotatable bonds is 3. The number of aromatic nitrogens is 1. The number of terminal acetylenes is 1. The lowest BCUT2D eigenvalue weighted by Gasteiger charge is -2.08. The maximum absolute atomic E-state index is 11.9. The summed E-state index contributed by atoms with van der Waals surface area (Å²) >= 11 is 0. The summed E-state index contributed by atoms with van der Waals surface area (Å²) in [5.41, 5.74) is 2.02. The van der Waals surface area contributed by atoms with Gasteiger partial charge in [0.25, 0.3) is 5.91 Å². The molecule has 4 heteroatoms. The first kappa shape index (κ1) is 12.9. The lowest BCUT2D eigenvalue weighted by Crippen LogP contribution is -2.24. The topological polar surface area (TPSA) is 51.2 Å². The molecule has 0 aliphatic rings. The molecule has 1 aromatic heterocycles. The summed E-state index contributed by atoms with van der Waals surface area (Å²) < 4.78 is 5.16. The van der Waals surface area contributed by atoms with Crippen LogP contribution in [0, 0.1) is 19.3 Å². The van der Waals surface area contributed by atoms with Crippen LogP contribution in [0.15, 0.2) is 24.3 Å². The van der Waals surface area contributed by atoms with Gasteiger partial charge in [0, 0.05) is 5.39 Å². The number of aryl methyl sites for hydroxylation is 1. The molecule has 1 heterocycles. The van der Waals surface area contributed by atoms with E-state index in [-0.39, 0.29) is 12.5 Å². The fourth-order valence-electron chi connectivity index (χ4n) is 1.83. The summed E-state index contributed by atoms with van der Waals surface area (Å²) in [7, 11) is 1.60. The first-order chi connectivity index (χ1) is 9.15. The van der Waals surface area contributed by atoms with Gasteiger partial charge in [-0.15, -0.1) is 6.42 Å². The minimum atomic E-state index is -0.215. The summed E-state index contributed by atoms with van der Waals surface area (Å²) in [6.45, 7) is 2.00. The van der Waals surface area contributed by atoms with Gasteiger partial charge in [0.1, 0.15) is 5.75 Å². The molecule has 2 aromatic rings. The van der Waals surface area contributed by atoms with Gasteiger partial charge in [0.2, 0.25) is 0 Å². The van der Waals surface area contributed by atoms with Crippen LogP contribution in [-0.2, 0) is 0 Å². The minimum absolute atomic E-state index is 0.203. The molecule has 19 heavy (non-hydrogen) atoms. The second kappa shape index (κ2) is 5.40. The number of ether oxygens (including phenoxy) is 1. The van der Waals surface area contributed by atoms with Crippen molar-refractivity contribution in [2.24, 2.45) is 0 Å². The van der Waals surface area contributed by atoms with Crippen LogP contribution >= 0.6 is 0 Å². The zero-order valence-corrected chi connectivity index (χ0v) is 10.9. The van der Waals surface area contributed by atoms with Gasteiger partial charge in [-0.25, -0.2) is 0 Å². The van der Waals surface area contributed by atoms with Crippen molar-refractivity contribution in [1.82, 2.24) is 10.3 Å². The second-order valence-electron chi connectivity index (χ2n) is 4.07. The summed E-state index contributed by atoms with van der Waals surface area (Å²) in [5.74, 6) is 2.89. The Bertz CT molecular complexity index is 672. The van der Waals surface area contributed by atoms with Gasteiger partial charge >= 0.3 is 0 Å². The molecule has 0 radical (unpaired) electrons. The van der Waals surface area contributed by atoms with E-state index in [2.05, 4.69) is 16.2 Å². The summed E-state index contributed by atoms with van der Waals surface area (Å²) in [6.07, 6.45) is 5.12. The largest absolute Gasteiger partial charge is 0.497 e. The highest BCUT2D eigenvalue weighted by Gasteiger charge is 2.11. The van der Waals surface area contributed by atoms with Gasteiger partial charge < -0.3 is 10.1 Å². The van der Waals surface area contributed by atoms with Crippen LogP contribution in [0.25, 0.3) is 10.9 Å². The summed E-state index contributed by atoms with van der Waals surface area (Å²) in [5, 5.41) is 3.49. The molecule has 0 atom stereocenters. The number of amides is 1. The second-order valence-corrected chi connectivity index (χ2v) is 4.07. The number of nitrogens with zero attached hydrogens (tertiary/aromatic N) is 1. The molecule has 0 spiro atoms. The van der Waals surface area contributed by atoms with E-state index in [1.165, 1.54) is 0 Å². The van der Waals surface area contributed by atoms with E-state index in [4.69, 9.17) is 11.2 Å². The molecule has 96 valence electrons. The third-order valence-electron chi connectivity index (χ3n) is 2.81. The van der Waals surface area contributed by atoms with Crippen LogP contribution in [-0.4, -0.2) is 24.5 Å². The molecule has 0 fully saturated rings. The van der Waals surface area contributed by atoms with Crippen LogP contribution in [0.1, 0.15) is 16.1 Å². The van der Waals surface area contributed by atoms with E-state index in [0.717, 1.165) is 16.7 Å². The summed E-state index contributed by atoms with van der Waals surface area (Å²) in [6, 6.07) is 7.35. The number of carbonyl (C=O) groups is 1. The Balaban J connectivity index is 2.47. The molecule has 0 bridgehead atoms. The van der Waals surface area contributed by atoms with Crippen LogP contribution in [0.2, 0.25) is 0 Å². The van der Waals surface area contributed by atoms with Crippen molar-refractivity contribution in [3.8, 4) is 18.1 Å². The lowest BCUT2D eigenvalue weighted by molar-refractivity contribution is 0.0958. The van der Waals surface area contributed by atoms with Gasteiger partial charge in [0.15, 0.2) is 0 Å². The van der Waals surface area contributed by atoms with Crippen molar-refractivity contribution in [3.63, 3.8) is 0 Å². The molecular formula is C15H14N2O2. The molecule has 2 rings (SSSR count). The normalized spacial score (nSPS) is 9.95. The summed E-state index contributed by atoms with van der Waals surface area (Å²) in [4.78, 5) is 16.4. The van der Waals surface area contributed by atoms with Gasteiger partial charge in [-0.05, 0) is 31.2 Å². The van der Waals surface area contributed by atoms with Gasteiger partial charge in [-0.2, -0.15) is 0 Å². The molecular weight excluding hydrogens is 240 g/mol. The Morgan fingerprint density at radius 2 is 2.26 bits per heavy atom. The van der Waals surface area contributed by atoms with Crippen molar-refractivity contribution in [2.45, 2.75) is 6.92 Å². The van der Waals surface area contributed by atoms with E-state index in [1.54, 1.807) is 20.1 Å². The predicted octanol–water partition coefficient (Wildman–Crippen LogP) is 1.91. The molecule has 1 N–H and O–H groups in total. The van der Waals surface area contributed by atoms with Crippen molar-refractivity contribution < 1.29 is 9.53 Å². The van der Waals surface area contributed by atoms with E-state index >= 15 is 0 Å². The minimum Gasteiger partial charge on any atom is -0.497 e. The van der Waals surface area contributed by atoms with Gasteiger partial charge in [-0.3, -0.25) is 9.78 Å². The number of methoxy groups -OCH3 is 1. The fraction of sp³-hybridized carbons (Fsp3) is 0.200. The highest BCUT2D eigenvalue weighted by Crippen LogP contribution is 2.21. The van der Waals surface area contributed by atoms with Crippen LogP contribution in [0.3, 0.4) is 0 Å². The van der Waals surface area contributed by atoms with Gasteiger partial charge in [-0.1, -0.05) is 5.92 Å². The molecule has 1 aromatic carbocycles. The van der Waals surface area contributed by atoms with Crippen LogP contribution < -0.4 is 10.1 Å². The zero-order chi connectivity index (χ0) is 13.8. The maximum Gasteiger partial charge on any atom is 0.253 e. The quantitative estimate of drug-likeness (QED) is 0.851. The van der Waals surface area contributed by atoms with E-state index < -0.39 is 0 Å². The SMILES string of the molecule is C#CCNC(=O)c1cc2cc(OC)ccc2nc1C. The van der Waals surface area contributed by atoms with Crippen LogP contribution in [0.5, 0.6) is 5.75 Å². The molecule has 1 amide bonds. The van der Waals surface area contributed by atoms with Crippen molar-refractivity contribution in [2.75, 3.05) is 13.7 Å². The van der Waals surface area contributed by atoms with E-state index in [9.17, 15) is 4.79 Å². The van der Waals surface area contributed by atoms with E-state index in [1.807, 2.05) is 18.2 Å². The molecule has 0 saturated carbocycles. The molecule has 4 nitrogen and oxygen atoms in total. The number of nitrogens with one attached hydrogen (secondary N) is 1. The molecule has 0 unspecified atom stereocenters. The van der Waals surface area contributed by atoms with Crippen molar-refractivity contribution in [1.29, 1.82) is 0 Å². The Kier molecular flexibility index (Phi) is 3.67. The lowest BCUT2D eigenvalue weighted by atomic mass is 10.1. The Labute approximate surface area is 111 Å². The Morgan fingerprint density at radius 1 is 1.47 bits per heavy atom. The van der Waals surface area contributed by atoms with Crippen molar-refractivity contribution >= 4 is 16.8 Å². The fourth-order valence-corrected chi connectivity index (χ4v) is 1.83. The number of benzene rings is 1. The first-order valence-corrected chi connectivity index (χ1v) is 5.82. The number of fused-ring (bicyclic) bond motifs is 1. The van der Waals surface area contributed by atoms with Crippen molar-refractivity contribution in [3.05, 3.63) is 35.5 Å². The highest BCUT2D eigenvalue weighted by molar-refractivity contribution is 5.98. The number of pyridine rings is 1. The van der Waals surface area contributed by atoms with E-state index in [0.29, 0.717) is 11.3 Å². The smallest absolute Gasteiger partial charge is 0.253 e. The number of hydrogen-bond donors (Lipinski definition) is 1. The average Bonchev–Trinajstić information content (AvgIpc) is 2.43. The molecule has 0 aliphatic heterocycles. The molecule has 0 saturated heterocycles. The average molecular weight is 254 g/mol.